The molecule has 0 heterocycles. The third-order valence-corrected chi connectivity index (χ3v) is 4.48. The molecule has 3 unspecified atom stereocenters. The molecule has 2 aliphatic carbocycles. The first kappa shape index (κ1) is 13.6. The summed E-state index contributed by atoms with van der Waals surface area (Å²) in [5.41, 5.74) is 4.32. The fourth-order valence-electron chi connectivity index (χ4n) is 3.06. The van der Waals surface area contributed by atoms with Crippen molar-refractivity contribution in [1.29, 1.82) is 0 Å². The molecule has 0 amide bonds. The van der Waals surface area contributed by atoms with Gasteiger partial charge < -0.3 is 0 Å². The van der Waals surface area contributed by atoms with Crippen LogP contribution < -0.4 is 0 Å². The van der Waals surface area contributed by atoms with Gasteiger partial charge in [0, 0.05) is 6.42 Å². The van der Waals surface area contributed by atoms with Crippen LogP contribution in [0.3, 0.4) is 0 Å². The van der Waals surface area contributed by atoms with Crippen LogP contribution in [0.5, 0.6) is 0 Å². The van der Waals surface area contributed by atoms with Crippen molar-refractivity contribution in [1.82, 2.24) is 0 Å². The SMILES string of the molecule is CCC(C)C(CC1=CC(C)=CCC1)C1=CC(F)C1. The van der Waals surface area contributed by atoms with Crippen molar-refractivity contribution in [2.45, 2.75) is 59.0 Å². The van der Waals surface area contributed by atoms with Crippen LogP contribution >= 0.6 is 0 Å². The number of alkyl halides is 1. The normalized spacial score (nSPS) is 26.7. The Balaban J connectivity index is 2.06. The highest BCUT2D eigenvalue weighted by Gasteiger charge is 2.29. The molecule has 0 saturated heterocycles. The number of hydrogen-bond acceptors (Lipinski definition) is 0. The lowest BCUT2D eigenvalue weighted by Crippen LogP contribution is -2.23. The lowest BCUT2D eigenvalue weighted by atomic mass is 9.74. The second kappa shape index (κ2) is 5.86. The third kappa shape index (κ3) is 3.13. The molecule has 2 aliphatic rings. The Morgan fingerprint density at radius 1 is 1.44 bits per heavy atom. The van der Waals surface area contributed by atoms with Crippen molar-refractivity contribution >= 4 is 0 Å². The minimum Gasteiger partial charge on any atom is -0.243 e. The van der Waals surface area contributed by atoms with E-state index in [-0.39, 0.29) is 0 Å². The van der Waals surface area contributed by atoms with E-state index in [0.29, 0.717) is 18.3 Å². The zero-order valence-electron chi connectivity index (χ0n) is 11.9. The largest absolute Gasteiger partial charge is 0.243 e. The van der Waals surface area contributed by atoms with Crippen LogP contribution in [0.1, 0.15) is 52.9 Å². The van der Waals surface area contributed by atoms with Crippen LogP contribution in [0.25, 0.3) is 0 Å². The highest BCUT2D eigenvalue weighted by atomic mass is 19.1. The lowest BCUT2D eigenvalue weighted by Gasteiger charge is -2.33. The summed E-state index contributed by atoms with van der Waals surface area (Å²) < 4.78 is 13.0. The summed E-state index contributed by atoms with van der Waals surface area (Å²) in [6, 6.07) is 0. The molecule has 100 valence electrons. The van der Waals surface area contributed by atoms with Crippen molar-refractivity contribution in [3.63, 3.8) is 0 Å². The van der Waals surface area contributed by atoms with Crippen LogP contribution in [0.2, 0.25) is 0 Å². The summed E-state index contributed by atoms with van der Waals surface area (Å²) in [4.78, 5) is 0. The van der Waals surface area contributed by atoms with E-state index in [9.17, 15) is 4.39 Å². The van der Waals surface area contributed by atoms with Crippen LogP contribution in [0, 0.1) is 11.8 Å². The Morgan fingerprint density at radius 2 is 2.17 bits per heavy atom. The number of halogens is 1. The van der Waals surface area contributed by atoms with Crippen molar-refractivity contribution in [3.05, 3.63) is 34.9 Å². The smallest absolute Gasteiger partial charge is 0.122 e. The maximum Gasteiger partial charge on any atom is 0.122 e. The predicted molar refractivity (Wildman–Crippen MR) is 76.2 cm³/mol. The molecule has 0 aromatic heterocycles. The lowest BCUT2D eigenvalue weighted by molar-refractivity contribution is 0.305. The molecular formula is C17H25F. The molecule has 0 radical (unpaired) electrons. The molecule has 18 heavy (non-hydrogen) atoms. The van der Waals surface area contributed by atoms with Crippen molar-refractivity contribution < 1.29 is 4.39 Å². The van der Waals surface area contributed by atoms with Gasteiger partial charge in [-0.25, -0.2) is 4.39 Å². The fraction of sp³-hybridized carbons (Fsp3) is 0.647. The molecular weight excluding hydrogens is 223 g/mol. The summed E-state index contributed by atoms with van der Waals surface area (Å²) in [5.74, 6) is 1.23. The van der Waals surface area contributed by atoms with Gasteiger partial charge in [0.15, 0.2) is 0 Å². The Kier molecular flexibility index (Phi) is 4.42. The highest BCUT2D eigenvalue weighted by Crippen LogP contribution is 2.39. The topological polar surface area (TPSA) is 0 Å². The average molecular weight is 248 g/mol. The molecule has 0 aliphatic heterocycles. The van der Waals surface area contributed by atoms with E-state index in [2.05, 4.69) is 32.9 Å². The molecule has 2 rings (SSSR count). The molecule has 0 spiro atoms. The summed E-state index contributed by atoms with van der Waals surface area (Å²) >= 11 is 0. The second-order valence-electron chi connectivity index (χ2n) is 5.95. The first-order valence-electron chi connectivity index (χ1n) is 7.31. The Hall–Kier alpha value is -0.850. The Morgan fingerprint density at radius 3 is 2.72 bits per heavy atom. The van der Waals surface area contributed by atoms with Crippen molar-refractivity contribution in [3.8, 4) is 0 Å². The van der Waals surface area contributed by atoms with Gasteiger partial charge in [0.05, 0.1) is 0 Å². The molecule has 0 aromatic rings. The minimum atomic E-state index is -0.673. The first-order valence-corrected chi connectivity index (χ1v) is 7.31. The predicted octanol–water partition coefficient (Wildman–Crippen LogP) is 5.37. The van der Waals surface area contributed by atoms with Crippen LogP contribution in [0.15, 0.2) is 34.9 Å². The summed E-state index contributed by atoms with van der Waals surface area (Å²) in [6.07, 6.45) is 11.2. The summed E-state index contributed by atoms with van der Waals surface area (Å²) in [6.45, 7) is 6.73. The van der Waals surface area contributed by atoms with Gasteiger partial charge in [0.2, 0.25) is 0 Å². The number of allylic oxidation sites excluding steroid dienone is 6. The van der Waals surface area contributed by atoms with Gasteiger partial charge in [0.25, 0.3) is 0 Å². The molecule has 1 heteroatoms. The first-order chi connectivity index (χ1) is 8.60. The summed E-state index contributed by atoms with van der Waals surface area (Å²) in [5, 5.41) is 0. The number of hydrogen-bond donors (Lipinski definition) is 0. The Labute approximate surface area is 111 Å². The van der Waals surface area contributed by atoms with Crippen LogP contribution in [0.4, 0.5) is 4.39 Å². The highest BCUT2D eigenvalue weighted by molar-refractivity contribution is 5.29. The molecule has 0 fully saturated rings. The maximum atomic E-state index is 13.0. The average Bonchev–Trinajstić information content (AvgIpc) is 2.32. The molecule has 0 aromatic carbocycles. The zero-order chi connectivity index (χ0) is 13.1. The van der Waals surface area contributed by atoms with E-state index >= 15 is 0 Å². The van der Waals surface area contributed by atoms with Gasteiger partial charge in [-0.3, -0.25) is 0 Å². The van der Waals surface area contributed by atoms with Crippen LogP contribution in [-0.2, 0) is 0 Å². The molecule has 0 nitrogen and oxygen atoms in total. The molecule has 0 bridgehead atoms. The van der Waals surface area contributed by atoms with Crippen molar-refractivity contribution in [2.24, 2.45) is 11.8 Å². The monoisotopic (exact) mass is 248 g/mol. The summed E-state index contributed by atoms with van der Waals surface area (Å²) in [7, 11) is 0. The van der Waals surface area contributed by atoms with E-state index in [0.717, 1.165) is 6.42 Å². The van der Waals surface area contributed by atoms with Crippen molar-refractivity contribution in [2.75, 3.05) is 0 Å². The van der Waals surface area contributed by atoms with E-state index < -0.39 is 6.17 Å². The minimum absolute atomic E-state index is 0.569. The number of rotatable bonds is 5. The van der Waals surface area contributed by atoms with Gasteiger partial charge in [-0.1, -0.05) is 55.2 Å². The molecule has 0 N–H and O–H groups in total. The quantitative estimate of drug-likeness (QED) is 0.573. The van der Waals surface area contributed by atoms with E-state index in [1.165, 1.54) is 30.4 Å². The fourth-order valence-corrected chi connectivity index (χ4v) is 3.06. The van der Waals surface area contributed by atoms with E-state index in [1.54, 1.807) is 5.57 Å². The van der Waals surface area contributed by atoms with Gasteiger partial charge >= 0.3 is 0 Å². The zero-order valence-corrected chi connectivity index (χ0v) is 11.9. The Bertz CT molecular complexity index is 386. The molecule has 3 atom stereocenters. The standard InChI is InChI=1S/C17H25F/c1-4-13(3)17(15-10-16(18)11-15)9-14-7-5-6-12(2)8-14/h6,8,10,13,16-17H,4-5,7,9,11H2,1-3H3. The van der Waals surface area contributed by atoms with Gasteiger partial charge in [-0.05, 0) is 38.0 Å². The maximum absolute atomic E-state index is 13.0. The van der Waals surface area contributed by atoms with Crippen LogP contribution in [-0.4, -0.2) is 6.17 Å². The van der Waals surface area contributed by atoms with Gasteiger partial charge in [-0.2, -0.15) is 0 Å². The van der Waals surface area contributed by atoms with Gasteiger partial charge in [0.1, 0.15) is 6.17 Å². The third-order valence-electron chi connectivity index (χ3n) is 4.48. The van der Waals surface area contributed by atoms with Gasteiger partial charge in [-0.15, -0.1) is 0 Å². The van der Waals surface area contributed by atoms with E-state index in [4.69, 9.17) is 0 Å². The molecule has 0 saturated carbocycles. The van der Waals surface area contributed by atoms with E-state index in [1.807, 2.05) is 6.08 Å². The second-order valence-corrected chi connectivity index (χ2v) is 5.95.